The number of nitrogens with two attached hydrogens (primary N) is 1. The summed E-state index contributed by atoms with van der Waals surface area (Å²) in [6.07, 6.45) is 1.69. The molecule has 6 heteroatoms. The number of nitrogens with zero attached hydrogens (tertiary/aromatic N) is 1. The second-order valence-corrected chi connectivity index (χ2v) is 6.00. The van der Waals surface area contributed by atoms with Crippen LogP contribution in [-0.4, -0.2) is 31.6 Å². The van der Waals surface area contributed by atoms with Crippen molar-refractivity contribution in [2.24, 2.45) is 0 Å². The van der Waals surface area contributed by atoms with Gasteiger partial charge < -0.3 is 20.1 Å². The highest BCUT2D eigenvalue weighted by atomic mass is 16.5. The number of ether oxygens (including phenoxy) is 2. The van der Waals surface area contributed by atoms with Crippen LogP contribution >= 0.6 is 0 Å². The first-order valence-electron chi connectivity index (χ1n) is 9.11. The molecule has 0 aliphatic rings. The van der Waals surface area contributed by atoms with Crippen LogP contribution in [0, 0.1) is 0 Å². The summed E-state index contributed by atoms with van der Waals surface area (Å²) in [5.74, 6) is -0.117. The first-order valence-corrected chi connectivity index (χ1v) is 9.11. The van der Waals surface area contributed by atoms with E-state index in [9.17, 15) is 9.59 Å². The van der Waals surface area contributed by atoms with Crippen LogP contribution in [0.3, 0.4) is 0 Å². The van der Waals surface area contributed by atoms with Crippen LogP contribution < -0.4 is 15.4 Å². The van der Waals surface area contributed by atoms with Gasteiger partial charge in [-0.05, 0) is 43.7 Å². The van der Waals surface area contributed by atoms with E-state index in [-0.39, 0.29) is 19.1 Å². The predicted molar refractivity (Wildman–Crippen MR) is 106 cm³/mol. The summed E-state index contributed by atoms with van der Waals surface area (Å²) in [5, 5.41) is 0. The zero-order valence-electron chi connectivity index (χ0n) is 15.8. The molecule has 27 heavy (non-hydrogen) atoms. The molecule has 0 unspecified atom stereocenters. The molecule has 0 radical (unpaired) electrons. The van der Waals surface area contributed by atoms with E-state index in [2.05, 4.69) is 0 Å². The van der Waals surface area contributed by atoms with Crippen molar-refractivity contribution in [3.8, 4) is 5.75 Å². The maximum absolute atomic E-state index is 12.9. The van der Waals surface area contributed by atoms with E-state index in [1.807, 2.05) is 25.1 Å². The average Bonchev–Trinajstić information content (AvgIpc) is 2.67. The molecule has 0 aliphatic heterocycles. The van der Waals surface area contributed by atoms with Crippen molar-refractivity contribution in [1.29, 1.82) is 0 Å². The molecular weight excluding hydrogens is 344 g/mol. The van der Waals surface area contributed by atoms with Gasteiger partial charge in [-0.3, -0.25) is 4.79 Å². The van der Waals surface area contributed by atoms with Crippen LogP contribution in [0.25, 0.3) is 0 Å². The molecule has 144 valence electrons. The maximum atomic E-state index is 12.9. The zero-order chi connectivity index (χ0) is 19.6. The monoisotopic (exact) mass is 370 g/mol. The molecule has 1 amide bonds. The van der Waals surface area contributed by atoms with Gasteiger partial charge in [0.1, 0.15) is 5.75 Å². The molecule has 0 bridgehead atoms. The third kappa shape index (κ3) is 5.74. The predicted octanol–water partition coefficient (Wildman–Crippen LogP) is 3.66. The number of nitrogen functional groups attached to an aromatic ring is 1. The number of hydrogen-bond donors (Lipinski definition) is 1. The molecule has 0 saturated heterocycles. The summed E-state index contributed by atoms with van der Waals surface area (Å²) < 4.78 is 10.7. The average molecular weight is 370 g/mol. The van der Waals surface area contributed by atoms with Gasteiger partial charge in [0.2, 0.25) is 0 Å². The van der Waals surface area contributed by atoms with Crippen LogP contribution in [-0.2, 0) is 9.53 Å². The van der Waals surface area contributed by atoms with Gasteiger partial charge in [0.25, 0.3) is 5.91 Å². The molecule has 2 aromatic rings. The van der Waals surface area contributed by atoms with Crippen molar-refractivity contribution < 1.29 is 19.1 Å². The summed E-state index contributed by atoms with van der Waals surface area (Å²) >= 11 is 0. The zero-order valence-corrected chi connectivity index (χ0v) is 15.8. The van der Waals surface area contributed by atoms with Crippen molar-refractivity contribution >= 4 is 23.3 Å². The lowest BCUT2D eigenvalue weighted by atomic mass is 10.1. The summed E-state index contributed by atoms with van der Waals surface area (Å²) in [5.41, 5.74) is 7.14. The molecule has 0 heterocycles. The molecule has 0 saturated carbocycles. The highest BCUT2D eigenvalue weighted by molar-refractivity contribution is 6.03. The molecule has 0 spiro atoms. The molecule has 2 rings (SSSR count). The second-order valence-electron chi connectivity index (χ2n) is 6.00. The Balaban J connectivity index is 2.27. The molecule has 0 aliphatic carbocycles. The van der Waals surface area contributed by atoms with Gasteiger partial charge in [-0.1, -0.05) is 31.5 Å². The number of rotatable bonds is 9. The Bertz CT molecular complexity index is 762. The third-order valence-corrected chi connectivity index (χ3v) is 3.95. The van der Waals surface area contributed by atoms with Crippen LogP contribution in [0.15, 0.2) is 48.5 Å². The van der Waals surface area contributed by atoms with E-state index < -0.39 is 5.97 Å². The van der Waals surface area contributed by atoms with Crippen LogP contribution in [0.2, 0.25) is 0 Å². The topological polar surface area (TPSA) is 81.9 Å². The van der Waals surface area contributed by atoms with Gasteiger partial charge in [-0.2, -0.15) is 0 Å². The number of hydrogen-bond acceptors (Lipinski definition) is 5. The molecule has 6 nitrogen and oxygen atoms in total. The van der Waals surface area contributed by atoms with Gasteiger partial charge in [0.05, 0.1) is 17.9 Å². The van der Waals surface area contributed by atoms with E-state index in [0.29, 0.717) is 29.2 Å². The molecule has 0 fully saturated rings. The van der Waals surface area contributed by atoms with Crippen LogP contribution in [0.5, 0.6) is 5.75 Å². The summed E-state index contributed by atoms with van der Waals surface area (Å²) in [6.45, 7) is 4.36. The SMILES string of the molecule is CCCCN(C(=O)COc1ccccc1)c1cc(N)ccc1C(=O)OCC. The quantitative estimate of drug-likeness (QED) is 0.538. The van der Waals surface area contributed by atoms with Crippen LogP contribution in [0.1, 0.15) is 37.0 Å². The number of amides is 1. The Morgan fingerprint density at radius 2 is 1.81 bits per heavy atom. The Morgan fingerprint density at radius 3 is 2.48 bits per heavy atom. The number of carbonyl (C=O) groups is 2. The van der Waals surface area contributed by atoms with Gasteiger partial charge in [0, 0.05) is 12.2 Å². The van der Waals surface area contributed by atoms with Gasteiger partial charge >= 0.3 is 5.97 Å². The van der Waals surface area contributed by atoms with Gasteiger partial charge in [0.15, 0.2) is 6.61 Å². The molecule has 0 atom stereocenters. The second kappa shape index (κ2) is 10.2. The Kier molecular flexibility index (Phi) is 7.67. The lowest BCUT2D eigenvalue weighted by molar-refractivity contribution is -0.120. The first kappa shape index (κ1) is 20.3. The fourth-order valence-corrected chi connectivity index (χ4v) is 2.59. The van der Waals surface area contributed by atoms with Crippen molar-refractivity contribution in [3.63, 3.8) is 0 Å². The van der Waals surface area contributed by atoms with E-state index in [1.165, 1.54) is 0 Å². The third-order valence-electron chi connectivity index (χ3n) is 3.95. The van der Waals surface area contributed by atoms with Crippen molar-refractivity contribution in [3.05, 3.63) is 54.1 Å². The number of unbranched alkanes of at least 4 members (excludes halogenated alkanes) is 1. The maximum Gasteiger partial charge on any atom is 0.340 e. The Labute approximate surface area is 159 Å². The normalized spacial score (nSPS) is 10.3. The van der Waals surface area contributed by atoms with E-state index in [4.69, 9.17) is 15.2 Å². The van der Waals surface area contributed by atoms with E-state index in [1.54, 1.807) is 42.2 Å². The number of esters is 1. The van der Waals surface area contributed by atoms with E-state index >= 15 is 0 Å². The highest BCUT2D eigenvalue weighted by Gasteiger charge is 2.23. The number of benzene rings is 2. The summed E-state index contributed by atoms with van der Waals surface area (Å²) in [6, 6.07) is 14.0. The number of para-hydroxylation sites is 1. The van der Waals surface area contributed by atoms with E-state index in [0.717, 1.165) is 12.8 Å². The standard InChI is InChI=1S/C21H26N2O4/c1-3-5-13-23(20(24)15-27-17-9-7-6-8-10-17)19-14-16(22)11-12-18(19)21(25)26-4-2/h6-12,14H,3-5,13,15,22H2,1-2H3. The summed E-state index contributed by atoms with van der Waals surface area (Å²) in [7, 11) is 0. The fourth-order valence-electron chi connectivity index (χ4n) is 2.59. The van der Waals surface area contributed by atoms with Gasteiger partial charge in [-0.25, -0.2) is 4.79 Å². The van der Waals surface area contributed by atoms with Crippen molar-refractivity contribution in [1.82, 2.24) is 0 Å². The van der Waals surface area contributed by atoms with Crippen molar-refractivity contribution in [2.75, 3.05) is 30.4 Å². The van der Waals surface area contributed by atoms with Gasteiger partial charge in [-0.15, -0.1) is 0 Å². The number of carbonyl (C=O) groups excluding carboxylic acids is 2. The summed E-state index contributed by atoms with van der Waals surface area (Å²) in [4.78, 5) is 26.8. The highest BCUT2D eigenvalue weighted by Crippen LogP contribution is 2.26. The first-order chi connectivity index (χ1) is 13.1. The lowest BCUT2D eigenvalue weighted by Crippen LogP contribution is -2.37. The molecular formula is C21H26N2O4. The molecule has 2 N–H and O–H groups in total. The lowest BCUT2D eigenvalue weighted by Gasteiger charge is -2.25. The Morgan fingerprint density at radius 1 is 1.07 bits per heavy atom. The Hall–Kier alpha value is -3.02. The minimum atomic E-state index is -0.481. The van der Waals surface area contributed by atoms with Crippen molar-refractivity contribution in [2.45, 2.75) is 26.7 Å². The van der Waals surface area contributed by atoms with Crippen LogP contribution in [0.4, 0.5) is 11.4 Å². The minimum Gasteiger partial charge on any atom is -0.484 e. The molecule has 2 aromatic carbocycles. The largest absolute Gasteiger partial charge is 0.484 e. The number of anilines is 2. The minimum absolute atomic E-state index is 0.134. The fraction of sp³-hybridized carbons (Fsp3) is 0.333. The molecule has 0 aromatic heterocycles. The smallest absolute Gasteiger partial charge is 0.340 e.